The molecule has 8 aromatic rings. The third kappa shape index (κ3) is 4.83. The lowest BCUT2D eigenvalue weighted by atomic mass is 10.0. The van der Waals surface area contributed by atoms with Crippen LogP contribution in [-0.2, 0) is 6.42 Å². The van der Waals surface area contributed by atoms with Gasteiger partial charge in [0.1, 0.15) is 11.5 Å². The van der Waals surface area contributed by atoms with Crippen molar-refractivity contribution in [2.75, 3.05) is 4.90 Å². The van der Waals surface area contributed by atoms with Gasteiger partial charge in [0.15, 0.2) is 11.5 Å². The number of benzene rings is 8. The Morgan fingerprint density at radius 1 is 0.360 bits per heavy atom. The summed E-state index contributed by atoms with van der Waals surface area (Å²) in [4.78, 5) is 2.35. The van der Waals surface area contributed by atoms with Crippen molar-refractivity contribution in [2.24, 2.45) is 0 Å². The smallest absolute Gasteiger partial charge is 0.170 e. The quantitative estimate of drug-likeness (QED) is 0.187. The lowest BCUT2D eigenvalue weighted by molar-refractivity contribution is 0.439. The Balaban J connectivity index is 1.03. The molecule has 0 bridgehead atoms. The Labute approximate surface area is 291 Å². The largest absolute Gasteiger partial charge is 0.453 e. The Hall–Kier alpha value is -6.58. The second kappa shape index (κ2) is 11.5. The molecule has 8 aromatic carbocycles. The molecule has 1 aliphatic carbocycles. The van der Waals surface area contributed by atoms with Crippen molar-refractivity contribution in [2.45, 2.75) is 6.42 Å². The van der Waals surface area contributed by atoms with E-state index in [1.807, 2.05) is 30.3 Å². The summed E-state index contributed by atoms with van der Waals surface area (Å²) in [6.07, 6.45) is 0.975. The zero-order valence-corrected chi connectivity index (χ0v) is 27.2. The van der Waals surface area contributed by atoms with Crippen LogP contribution >= 0.6 is 0 Å². The molecule has 0 saturated carbocycles. The maximum Gasteiger partial charge on any atom is 0.170 e. The van der Waals surface area contributed by atoms with Gasteiger partial charge in [-0.3, -0.25) is 0 Å². The molecule has 3 heteroatoms. The van der Waals surface area contributed by atoms with E-state index in [0.29, 0.717) is 11.5 Å². The predicted octanol–water partition coefficient (Wildman–Crippen LogP) is 13.1. The zero-order chi connectivity index (χ0) is 33.0. The Morgan fingerprint density at radius 2 is 0.940 bits per heavy atom. The van der Waals surface area contributed by atoms with E-state index in [0.717, 1.165) is 56.9 Å². The second-order valence-electron chi connectivity index (χ2n) is 12.9. The summed E-state index contributed by atoms with van der Waals surface area (Å²) in [6, 6.07) is 62.3. The van der Waals surface area contributed by atoms with Crippen LogP contribution < -0.4 is 14.4 Å². The predicted molar refractivity (Wildman–Crippen MR) is 204 cm³/mol. The van der Waals surface area contributed by atoms with E-state index < -0.39 is 0 Å². The fraction of sp³-hybridized carbons (Fsp3) is 0.0213. The normalized spacial score (nSPS) is 12.2. The second-order valence-corrected chi connectivity index (χ2v) is 12.9. The highest BCUT2D eigenvalue weighted by Crippen LogP contribution is 2.47. The van der Waals surface area contributed by atoms with E-state index in [1.165, 1.54) is 33.4 Å². The Morgan fingerprint density at radius 3 is 1.68 bits per heavy atom. The summed E-state index contributed by atoms with van der Waals surface area (Å²) in [5, 5.41) is 2.08. The minimum Gasteiger partial charge on any atom is -0.453 e. The standard InChI is InChI=1S/C47H31NO2/c1-2-8-31(9-3-1)32-16-22-38(23-17-32)48(40-26-20-37-28-36-10-4-5-13-41(36)42(37)30-40)39-24-18-33(19-25-39)35-21-27-43-46(29-35)50-45-15-7-12-34-11-6-14-44(49-43)47(34)45/h1-27,29-30H,28H2. The van der Waals surface area contributed by atoms with Crippen LogP contribution in [0.3, 0.4) is 0 Å². The molecule has 0 unspecified atom stereocenters. The van der Waals surface area contributed by atoms with Crippen LogP contribution in [0.1, 0.15) is 11.1 Å². The molecule has 0 aromatic heterocycles. The van der Waals surface area contributed by atoms with Crippen LogP contribution in [0.15, 0.2) is 176 Å². The lowest BCUT2D eigenvalue weighted by Crippen LogP contribution is -2.10. The van der Waals surface area contributed by atoms with E-state index in [4.69, 9.17) is 9.47 Å². The SMILES string of the molecule is c1ccc(-c2ccc(N(c3ccc(-c4ccc5c(c4)Oc4cccc6cccc(c46)O5)cc3)c3ccc4c(c3)-c3ccccc3C4)cc2)cc1. The van der Waals surface area contributed by atoms with Crippen molar-refractivity contribution in [3.05, 3.63) is 187 Å². The van der Waals surface area contributed by atoms with Crippen LogP contribution in [0.2, 0.25) is 0 Å². The third-order valence-corrected chi connectivity index (χ3v) is 9.94. The molecule has 2 aliphatic rings. The molecule has 0 N–H and O–H groups in total. The fourth-order valence-electron chi connectivity index (χ4n) is 7.47. The van der Waals surface area contributed by atoms with Gasteiger partial charge in [0.25, 0.3) is 0 Å². The Kier molecular flexibility index (Phi) is 6.56. The molecule has 0 fully saturated rings. The fourth-order valence-corrected chi connectivity index (χ4v) is 7.47. The van der Waals surface area contributed by atoms with Crippen molar-refractivity contribution >= 4 is 27.8 Å². The van der Waals surface area contributed by atoms with Crippen LogP contribution in [0.5, 0.6) is 23.0 Å². The van der Waals surface area contributed by atoms with Crippen molar-refractivity contribution in [3.8, 4) is 56.4 Å². The first-order chi connectivity index (χ1) is 24.7. The number of nitrogens with zero attached hydrogens (tertiary/aromatic N) is 1. The van der Waals surface area contributed by atoms with Crippen LogP contribution in [0.25, 0.3) is 44.2 Å². The molecule has 0 atom stereocenters. The van der Waals surface area contributed by atoms with Gasteiger partial charge in [0, 0.05) is 17.1 Å². The first-order valence-corrected chi connectivity index (χ1v) is 17.0. The molecule has 0 saturated heterocycles. The molecule has 1 heterocycles. The van der Waals surface area contributed by atoms with Gasteiger partial charge in [-0.15, -0.1) is 0 Å². The van der Waals surface area contributed by atoms with Crippen molar-refractivity contribution in [3.63, 3.8) is 0 Å². The zero-order valence-electron chi connectivity index (χ0n) is 27.2. The van der Waals surface area contributed by atoms with Gasteiger partial charge in [-0.1, -0.05) is 115 Å². The van der Waals surface area contributed by atoms with E-state index in [2.05, 4.69) is 150 Å². The van der Waals surface area contributed by atoms with Gasteiger partial charge in [-0.25, -0.2) is 0 Å². The minimum atomic E-state index is 0.703. The van der Waals surface area contributed by atoms with E-state index in [9.17, 15) is 0 Å². The first-order valence-electron chi connectivity index (χ1n) is 17.0. The summed E-state index contributed by atoms with van der Waals surface area (Å²) in [6.45, 7) is 0. The van der Waals surface area contributed by atoms with Gasteiger partial charge in [-0.2, -0.15) is 0 Å². The molecule has 3 nitrogen and oxygen atoms in total. The number of fused-ring (bicyclic) bond motifs is 4. The van der Waals surface area contributed by atoms with Crippen LogP contribution in [-0.4, -0.2) is 0 Å². The molecular weight excluding hydrogens is 611 g/mol. The molecule has 10 rings (SSSR count). The van der Waals surface area contributed by atoms with Crippen molar-refractivity contribution in [1.29, 1.82) is 0 Å². The number of rotatable bonds is 5. The van der Waals surface area contributed by atoms with Gasteiger partial charge in [0.05, 0.1) is 5.39 Å². The van der Waals surface area contributed by atoms with Gasteiger partial charge < -0.3 is 14.4 Å². The topological polar surface area (TPSA) is 21.7 Å². The van der Waals surface area contributed by atoms with E-state index in [1.54, 1.807) is 0 Å². The van der Waals surface area contributed by atoms with E-state index >= 15 is 0 Å². The number of hydrogen-bond donors (Lipinski definition) is 0. The van der Waals surface area contributed by atoms with E-state index in [-0.39, 0.29) is 0 Å². The highest BCUT2D eigenvalue weighted by molar-refractivity contribution is 5.95. The summed E-state index contributed by atoms with van der Waals surface area (Å²) in [5.41, 5.74) is 13.3. The molecule has 50 heavy (non-hydrogen) atoms. The summed E-state index contributed by atoms with van der Waals surface area (Å²) >= 11 is 0. The van der Waals surface area contributed by atoms with Crippen LogP contribution in [0, 0.1) is 0 Å². The molecule has 0 spiro atoms. The molecule has 236 valence electrons. The highest BCUT2D eigenvalue weighted by Gasteiger charge is 2.22. The molecule has 0 radical (unpaired) electrons. The van der Waals surface area contributed by atoms with Gasteiger partial charge in [-0.05, 0) is 117 Å². The highest BCUT2D eigenvalue weighted by atomic mass is 16.5. The number of hydrogen-bond acceptors (Lipinski definition) is 3. The number of anilines is 3. The van der Waals surface area contributed by atoms with Gasteiger partial charge >= 0.3 is 0 Å². The van der Waals surface area contributed by atoms with Crippen molar-refractivity contribution < 1.29 is 9.47 Å². The third-order valence-electron chi connectivity index (χ3n) is 9.94. The van der Waals surface area contributed by atoms with Gasteiger partial charge in [0.2, 0.25) is 0 Å². The summed E-state index contributed by atoms with van der Waals surface area (Å²) in [7, 11) is 0. The van der Waals surface area contributed by atoms with Crippen LogP contribution in [0.4, 0.5) is 17.1 Å². The average Bonchev–Trinajstić information content (AvgIpc) is 3.46. The first kappa shape index (κ1) is 28.4. The minimum absolute atomic E-state index is 0.703. The molecule has 1 aliphatic heterocycles. The lowest BCUT2D eigenvalue weighted by Gasteiger charge is -2.26. The van der Waals surface area contributed by atoms with Crippen molar-refractivity contribution in [1.82, 2.24) is 0 Å². The maximum atomic E-state index is 6.48. The Bertz CT molecular complexity index is 2550. The average molecular weight is 642 g/mol. The summed E-state index contributed by atoms with van der Waals surface area (Å²) in [5.74, 6) is 3.02. The summed E-state index contributed by atoms with van der Waals surface area (Å²) < 4.78 is 12.9. The molecule has 0 amide bonds. The molecular formula is C47H31NO2. The number of ether oxygens (including phenoxy) is 2. The maximum absolute atomic E-state index is 6.48. The monoisotopic (exact) mass is 641 g/mol.